The largest absolute Gasteiger partial charge is 0.340 e. The molecule has 3 nitrogen and oxygen atoms in total. The molecule has 0 spiro atoms. The SMILES string of the molecule is CCN(C(=O)[C@H]1CCCNC1)C1CCCC1. The van der Waals surface area contributed by atoms with Gasteiger partial charge < -0.3 is 10.2 Å². The van der Waals surface area contributed by atoms with Gasteiger partial charge in [0.25, 0.3) is 0 Å². The third-order valence-corrected chi connectivity index (χ3v) is 4.04. The predicted octanol–water partition coefficient (Wildman–Crippen LogP) is 1.78. The van der Waals surface area contributed by atoms with Crippen molar-refractivity contribution in [2.75, 3.05) is 19.6 Å². The van der Waals surface area contributed by atoms with E-state index in [1.54, 1.807) is 0 Å². The Hall–Kier alpha value is -0.570. The van der Waals surface area contributed by atoms with Crippen molar-refractivity contribution in [1.29, 1.82) is 0 Å². The zero-order valence-corrected chi connectivity index (χ0v) is 10.4. The number of piperidine rings is 1. The number of amides is 1. The Labute approximate surface area is 98.6 Å². The number of nitrogens with zero attached hydrogens (tertiary/aromatic N) is 1. The van der Waals surface area contributed by atoms with Crippen LogP contribution in [0.3, 0.4) is 0 Å². The van der Waals surface area contributed by atoms with Crippen molar-refractivity contribution in [2.24, 2.45) is 5.92 Å². The molecule has 2 fully saturated rings. The second kappa shape index (κ2) is 5.67. The fraction of sp³-hybridized carbons (Fsp3) is 0.923. The molecular weight excluding hydrogens is 200 g/mol. The standard InChI is InChI=1S/C13H24N2O/c1-2-15(12-7-3-4-8-12)13(16)11-6-5-9-14-10-11/h11-12,14H,2-10H2,1H3/t11-/m0/s1. The van der Waals surface area contributed by atoms with Gasteiger partial charge in [-0.1, -0.05) is 12.8 Å². The van der Waals surface area contributed by atoms with Gasteiger partial charge in [0.15, 0.2) is 0 Å². The van der Waals surface area contributed by atoms with E-state index in [2.05, 4.69) is 17.1 Å². The summed E-state index contributed by atoms with van der Waals surface area (Å²) in [7, 11) is 0. The first-order chi connectivity index (χ1) is 7.83. The van der Waals surface area contributed by atoms with E-state index in [4.69, 9.17) is 0 Å². The maximum absolute atomic E-state index is 12.4. The summed E-state index contributed by atoms with van der Waals surface area (Å²) in [4.78, 5) is 14.5. The Bertz CT molecular complexity index is 230. The Balaban J connectivity index is 1.93. The van der Waals surface area contributed by atoms with Crippen molar-refractivity contribution in [2.45, 2.75) is 51.5 Å². The van der Waals surface area contributed by atoms with Gasteiger partial charge in [-0.3, -0.25) is 4.79 Å². The third kappa shape index (κ3) is 2.57. The minimum absolute atomic E-state index is 0.245. The van der Waals surface area contributed by atoms with Crippen LogP contribution in [0.5, 0.6) is 0 Å². The summed E-state index contributed by atoms with van der Waals surface area (Å²) in [5.74, 6) is 0.649. The number of rotatable bonds is 3. The lowest BCUT2D eigenvalue weighted by atomic mass is 9.97. The molecule has 0 aromatic heterocycles. The van der Waals surface area contributed by atoms with Crippen molar-refractivity contribution in [3.05, 3.63) is 0 Å². The third-order valence-electron chi connectivity index (χ3n) is 4.04. The quantitative estimate of drug-likeness (QED) is 0.792. The fourth-order valence-corrected chi connectivity index (χ4v) is 3.11. The minimum atomic E-state index is 0.245. The normalized spacial score (nSPS) is 26.9. The second-order valence-corrected chi connectivity index (χ2v) is 5.11. The molecule has 1 saturated heterocycles. The molecule has 1 heterocycles. The highest BCUT2D eigenvalue weighted by molar-refractivity contribution is 5.79. The van der Waals surface area contributed by atoms with Gasteiger partial charge in [0, 0.05) is 19.1 Å². The van der Waals surface area contributed by atoms with Crippen LogP contribution in [-0.2, 0) is 4.79 Å². The van der Waals surface area contributed by atoms with Crippen LogP contribution in [0.4, 0.5) is 0 Å². The molecule has 1 amide bonds. The summed E-state index contributed by atoms with van der Waals surface area (Å²) >= 11 is 0. The van der Waals surface area contributed by atoms with E-state index in [-0.39, 0.29) is 5.92 Å². The number of carbonyl (C=O) groups is 1. The highest BCUT2D eigenvalue weighted by atomic mass is 16.2. The Kier molecular flexibility index (Phi) is 4.22. The topological polar surface area (TPSA) is 32.3 Å². The van der Waals surface area contributed by atoms with Gasteiger partial charge in [0.2, 0.25) is 5.91 Å². The van der Waals surface area contributed by atoms with Crippen LogP contribution in [0.25, 0.3) is 0 Å². The van der Waals surface area contributed by atoms with Crippen LogP contribution in [0.1, 0.15) is 45.4 Å². The summed E-state index contributed by atoms with van der Waals surface area (Å²) in [6.45, 7) is 4.98. The molecule has 0 aromatic carbocycles. The van der Waals surface area contributed by atoms with Gasteiger partial charge in [-0.15, -0.1) is 0 Å². The number of nitrogens with one attached hydrogen (secondary N) is 1. The van der Waals surface area contributed by atoms with Crippen LogP contribution in [0.2, 0.25) is 0 Å². The van der Waals surface area contributed by atoms with E-state index in [1.807, 2.05) is 0 Å². The first-order valence-electron chi connectivity index (χ1n) is 6.84. The zero-order valence-electron chi connectivity index (χ0n) is 10.4. The molecular formula is C13H24N2O. The van der Waals surface area contributed by atoms with E-state index in [9.17, 15) is 4.79 Å². The zero-order chi connectivity index (χ0) is 11.4. The Morgan fingerprint density at radius 2 is 2.00 bits per heavy atom. The molecule has 1 saturated carbocycles. The number of carbonyl (C=O) groups excluding carboxylic acids is 1. The maximum atomic E-state index is 12.4. The minimum Gasteiger partial charge on any atom is -0.340 e. The number of hydrogen-bond acceptors (Lipinski definition) is 2. The average molecular weight is 224 g/mol. The molecule has 1 aliphatic carbocycles. The van der Waals surface area contributed by atoms with Crippen LogP contribution in [0, 0.1) is 5.92 Å². The summed E-state index contributed by atoms with van der Waals surface area (Å²) in [5, 5.41) is 3.34. The fourth-order valence-electron chi connectivity index (χ4n) is 3.11. The number of hydrogen-bond donors (Lipinski definition) is 1. The highest BCUT2D eigenvalue weighted by Gasteiger charge is 2.30. The van der Waals surface area contributed by atoms with Crippen LogP contribution < -0.4 is 5.32 Å². The highest BCUT2D eigenvalue weighted by Crippen LogP contribution is 2.25. The van der Waals surface area contributed by atoms with Crippen LogP contribution >= 0.6 is 0 Å². The monoisotopic (exact) mass is 224 g/mol. The van der Waals surface area contributed by atoms with E-state index in [0.29, 0.717) is 11.9 Å². The lowest BCUT2D eigenvalue weighted by molar-refractivity contribution is -0.138. The van der Waals surface area contributed by atoms with Crippen molar-refractivity contribution in [3.63, 3.8) is 0 Å². The lowest BCUT2D eigenvalue weighted by Crippen LogP contribution is -2.46. The summed E-state index contributed by atoms with van der Waals surface area (Å²) < 4.78 is 0. The van der Waals surface area contributed by atoms with Gasteiger partial charge in [-0.2, -0.15) is 0 Å². The van der Waals surface area contributed by atoms with Gasteiger partial charge in [-0.05, 0) is 39.2 Å². The smallest absolute Gasteiger partial charge is 0.227 e. The summed E-state index contributed by atoms with van der Waals surface area (Å²) in [6.07, 6.45) is 7.28. The van der Waals surface area contributed by atoms with Crippen molar-refractivity contribution < 1.29 is 4.79 Å². The van der Waals surface area contributed by atoms with Gasteiger partial charge in [-0.25, -0.2) is 0 Å². The molecule has 16 heavy (non-hydrogen) atoms. The van der Waals surface area contributed by atoms with E-state index >= 15 is 0 Å². The molecule has 2 rings (SSSR count). The van der Waals surface area contributed by atoms with Crippen LogP contribution in [0.15, 0.2) is 0 Å². The molecule has 92 valence electrons. The second-order valence-electron chi connectivity index (χ2n) is 5.11. The van der Waals surface area contributed by atoms with Crippen molar-refractivity contribution in [1.82, 2.24) is 10.2 Å². The Morgan fingerprint density at radius 1 is 1.25 bits per heavy atom. The molecule has 0 aromatic rings. The van der Waals surface area contributed by atoms with Gasteiger partial charge in [0.1, 0.15) is 0 Å². The molecule has 1 N–H and O–H groups in total. The van der Waals surface area contributed by atoms with Crippen molar-refractivity contribution >= 4 is 5.91 Å². The Morgan fingerprint density at radius 3 is 2.56 bits per heavy atom. The molecule has 0 radical (unpaired) electrons. The molecule has 1 aliphatic heterocycles. The molecule has 0 unspecified atom stereocenters. The maximum Gasteiger partial charge on any atom is 0.227 e. The lowest BCUT2D eigenvalue weighted by Gasteiger charge is -2.33. The molecule has 2 aliphatic rings. The summed E-state index contributed by atoms with van der Waals surface area (Å²) in [5.41, 5.74) is 0. The van der Waals surface area contributed by atoms with Crippen molar-refractivity contribution in [3.8, 4) is 0 Å². The average Bonchev–Trinajstić information content (AvgIpc) is 2.85. The first kappa shape index (κ1) is 11.9. The molecule has 1 atom stereocenters. The molecule has 3 heteroatoms. The van der Waals surface area contributed by atoms with Gasteiger partial charge >= 0.3 is 0 Å². The van der Waals surface area contributed by atoms with Gasteiger partial charge in [0.05, 0.1) is 5.92 Å². The first-order valence-corrected chi connectivity index (χ1v) is 6.84. The van der Waals surface area contributed by atoms with E-state index in [1.165, 1.54) is 25.7 Å². The predicted molar refractivity (Wildman–Crippen MR) is 65.2 cm³/mol. The van der Waals surface area contributed by atoms with E-state index < -0.39 is 0 Å². The molecule has 0 bridgehead atoms. The van der Waals surface area contributed by atoms with E-state index in [0.717, 1.165) is 32.5 Å². The van der Waals surface area contributed by atoms with Crippen LogP contribution in [-0.4, -0.2) is 36.5 Å². The summed E-state index contributed by atoms with van der Waals surface area (Å²) in [6, 6.07) is 0.541.